The molecule has 4 bridgehead atoms. The average molecular weight is 437 g/mol. The average Bonchev–Trinajstić information content (AvgIpc) is 3.09. The van der Waals surface area contributed by atoms with Gasteiger partial charge in [-0.05, 0) is 93.4 Å². The van der Waals surface area contributed by atoms with Crippen molar-refractivity contribution in [1.29, 1.82) is 0 Å². The summed E-state index contributed by atoms with van der Waals surface area (Å²) in [6.45, 7) is 0.472. The van der Waals surface area contributed by atoms with Crippen molar-refractivity contribution in [2.24, 2.45) is 17.8 Å². The number of hydrogen-bond donors (Lipinski definition) is 1. The Bertz CT molecular complexity index is 864. The van der Waals surface area contributed by atoms with E-state index in [-0.39, 0.29) is 28.8 Å². The molecular weight excluding hydrogens is 408 g/mol. The maximum atomic E-state index is 13.1. The van der Waals surface area contributed by atoms with Crippen molar-refractivity contribution in [3.8, 4) is 0 Å². The predicted octanol–water partition coefficient (Wildman–Crippen LogP) is 3.97. The summed E-state index contributed by atoms with van der Waals surface area (Å²) in [5.74, 6) is 2.34. The predicted molar refractivity (Wildman–Crippen MR) is 112 cm³/mol. The van der Waals surface area contributed by atoms with Gasteiger partial charge >= 0.3 is 0 Å². The van der Waals surface area contributed by atoms with Gasteiger partial charge in [-0.2, -0.15) is 4.31 Å². The van der Waals surface area contributed by atoms with Crippen LogP contribution in [-0.4, -0.2) is 36.8 Å². The van der Waals surface area contributed by atoms with E-state index in [4.69, 9.17) is 11.6 Å². The molecule has 1 aromatic rings. The fourth-order valence-corrected chi connectivity index (χ4v) is 8.71. The third kappa shape index (κ3) is 3.72. The van der Waals surface area contributed by atoms with Crippen LogP contribution in [0, 0.1) is 17.8 Å². The van der Waals surface area contributed by atoms with Gasteiger partial charge in [0.05, 0.1) is 4.90 Å². The zero-order chi connectivity index (χ0) is 20.2. The van der Waals surface area contributed by atoms with Gasteiger partial charge in [0.2, 0.25) is 15.9 Å². The molecule has 4 aliphatic carbocycles. The normalized spacial score (nSPS) is 36.4. The molecule has 1 heterocycles. The lowest BCUT2D eigenvalue weighted by Gasteiger charge is -2.57. The van der Waals surface area contributed by atoms with Crippen molar-refractivity contribution < 1.29 is 13.2 Å². The van der Waals surface area contributed by atoms with Crippen LogP contribution in [0.2, 0.25) is 5.02 Å². The molecule has 1 aliphatic heterocycles. The van der Waals surface area contributed by atoms with E-state index < -0.39 is 10.0 Å². The van der Waals surface area contributed by atoms with Crippen LogP contribution in [0.3, 0.4) is 0 Å². The number of carbonyl (C=O) groups excluding carboxylic acids is 1. The summed E-state index contributed by atoms with van der Waals surface area (Å²) >= 11 is 5.91. The Morgan fingerprint density at radius 3 is 2.24 bits per heavy atom. The highest BCUT2D eigenvalue weighted by Crippen LogP contribution is 2.55. The lowest BCUT2D eigenvalue weighted by molar-refractivity contribution is -0.127. The van der Waals surface area contributed by atoms with E-state index >= 15 is 0 Å². The molecule has 1 amide bonds. The highest BCUT2D eigenvalue weighted by atomic mass is 35.5. The summed E-state index contributed by atoms with van der Waals surface area (Å²) < 4.78 is 27.7. The maximum absolute atomic E-state index is 13.1. The van der Waals surface area contributed by atoms with Crippen molar-refractivity contribution >= 4 is 27.5 Å². The van der Waals surface area contributed by atoms with E-state index in [1.165, 1.54) is 23.6 Å². The number of benzene rings is 1. The molecular formula is C22H29ClN2O3S. The second-order valence-electron chi connectivity index (χ2n) is 9.82. The largest absolute Gasteiger partial charge is 0.351 e. The Morgan fingerprint density at radius 2 is 1.66 bits per heavy atom. The second kappa shape index (κ2) is 7.24. The molecule has 5 fully saturated rings. The molecule has 29 heavy (non-hydrogen) atoms. The third-order valence-electron chi connectivity index (χ3n) is 7.61. The number of sulfonamides is 1. The SMILES string of the molecule is O=C(CC1CCCN1S(=O)(=O)c1ccc(Cl)cc1)NC12CC3CC(CC(C3)C1)C2. The Labute approximate surface area is 178 Å². The smallest absolute Gasteiger partial charge is 0.243 e. The van der Waals surface area contributed by atoms with E-state index in [0.717, 1.165) is 49.9 Å². The topological polar surface area (TPSA) is 66.5 Å². The van der Waals surface area contributed by atoms with Crippen molar-refractivity contribution in [3.05, 3.63) is 29.3 Å². The zero-order valence-electron chi connectivity index (χ0n) is 16.6. The van der Waals surface area contributed by atoms with Crippen LogP contribution in [0.1, 0.15) is 57.8 Å². The summed E-state index contributed by atoms with van der Waals surface area (Å²) in [4.78, 5) is 13.2. The maximum Gasteiger partial charge on any atom is 0.243 e. The van der Waals surface area contributed by atoms with Gasteiger partial charge in [0, 0.05) is 29.6 Å². The molecule has 5 nitrogen and oxygen atoms in total. The van der Waals surface area contributed by atoms with Gasteiger partial charge in [0.25, 0.3) is 0 Å². The second-order valence-corrected chi connectivity index (χ2v) is 12.1. The van der Waals surface area contributed by atoms with Crippen molar-refractivity contribution in [2.75, 3.05) is 6.54 Å². The number of hydrogen-bond acceptors (Lipinski definition) is 3. The first-order valence-electron chi connectivity index (χ1n) is 10.9. The lowest BCUT2D eigenvalue weighted by Crippen LogP contribution is -2.60. The Kier molecular flexibility index (Phi) is 4.95. The van der Waals surface area contributed by atoms with Gasteiger partial charge in [0.15, 0.2) is 0 Å². The molecule has 4 saturated carbocycles. The summed E-state index contributed by atoms with van der Waals surface area (Å²) in [5, 5.41) is 3.90. The first kappa shape index (κ1) is 19.8. The number of rotatable bonds is 5. The molecule has 1 unspecified atom stereocenters. The van der Waals surface area contributed by atoms with Crippen molar-refractivity contribution in [2.45, 2.75) is 74.3 Å². The van der Waals surface area contributed by atoms with E-state index in [1.807, 2.05) is 0 Å². The molecule has 5 aliphatic rings. The monoisotopic (exact) mass is 436 g/mol. The standard InChI is InChI=1S/C22H29ClN2O3S/c23-18-3-5-20(6-4-18)29(27,28)25-7-1-2-19(25)11-21(26)24-22-12-15-8-16(13-22)10-17(9-15)14-22/h3-6,15-17,19H,1-2,7-14H2,(H,24,26). The van der Waals surface area contributed by atoms with Crippen molar-refractivity contribution in [1.82, 2.24) is 9.62 Å². The minimum absolute atomic E-state index is 0.0233. The van der Waals surface area contributed by atoms with Gasteiger partial charge in [-0.25, -0.2) is 8.42 Å². The van der Waals surface area contributed by atoms with Crippen LogP contribution in [-0.2, 0) is 14.8 Å². The summed E-state index contributed by atoms with van der Waals surface area (Å²) in [6, 6.07) is 6.02. The van der Waals surface area contributed by atoms with Gasteiger partial charge in [0.1, 0.15) is 0 Å². The van der Waals surface area contributed by atoms with Crippen LogP contribution in [0.15, 0.2) is 29.2 Å². The molecule has 7 heteroatoms. The molecule has 1 atom stereocenters. The van der Waals surface area contributed by atoms with Crippen LogP contribution < -0.4 is 5.32 Å². The molecule has 6 rings (SSSR count). The molecule has 1 saturated heterocycles. The Balaban J connectivity index is 1.27. The highest BCUT2D eigenvalue weighted by Gasteiger charge is 2.51. The van der Waals surface area contributed by atoms with Crippen LogP contribution in [0.4, 0.5) is 0 Å². The number of nitrogens with one attached hydrogen (secondary N) is 1. The molecule has 0 spiro atoms. The van der Waals surface area contributed by atoms with Crippen molar-refractivity contribution in [3.63, 3.8) is 0 Å². The summed E-state index contributed by atoms with van der Waals surface area (Å²) in [7, 11) is -3.61. The summed E-state index contributed by atoms with van der Waals surface area (Å²) in [5.41, 5.74) is -0.0235. The Morgan fingerprint density at radius 1 is 1.07 bits per heavy atom. The van der Waals surface area contributed by atoms with E-state index in [0.29, 0.717) is 11.6 Å². The number of amides is 1. The zero-order valence-corrected chi connectivity index (χ0v) is 18.2. The molecule has 1 N–H and O–H groups in total. The van der Waals surface area contributed by atoms with Gasteiger partial charge in [-0.3, -0.25) is 4.79 Å². The fraction of sp³-hybridized carbons (Fsp3) is 0.682. The number of carbonyl (C=O) groups is 1. The quantitative estimate of drug-likeness (QED) is 0.759. The highest BCUT2D eigenvalue weighted by molar-refractivity contribution is 7.89. The molecule has 0 aromatic heterocycles. The molecule has 158 valence electrons. The van der Waals surface area contributed by atoms with E-state index in [1.54, 1.807) is 24.3 Å². The van der Waals surface area contributed by atoms with E-state index in [2.05, 4.69) is 5.32 Å². The fourth-order valence-electron chi connectivity index (χ4n) is 6.90. The lowest BCUT2D eigenvalue weighted by atomic mass is 9.53. The summed E-state index contributed by atoms with van der Waals surface area (Å²) in [6.07, 6.45) is 9.14. The number of nitrogens with zero attached hydrogens (tertiary/aromatic N) is 1. The van der Waals surface area contributed by atoms with Gasteiger partial charge in [-0.1, -0.05) is 11.6 Å². The molecule has 1 aromatic carbocycles. The minimum Gasteiger partial charge on any atom is -0.351 e. The molecule has 0 radical (unpaired) electrons. The third-order valence-corrected chi connectivity index (χ3v) is 9.83. The Hall–Kier alpha value is -1.11. The van der Waals surface area contributed by atoms with Crippen LogP contribution >= 0.6 is 11.6 Å². The van der Waals surface area contributed by atoms with Gasteiger partial charge in [-0.15, -0.1) is 0 Å². The van der Waals surface area contributed by atoms with E-state index in [9.17, 15) is 13.2 Å². The first-order valence-corrected chi connectivity index (χ1v) is 12.7. The minimum atomic E-state index is -3.61. The van der Waals surface area contributed by atoms with Gasteiger partial charge < -0.3 is 5.32 Å². The van der Waals surface area contributed by atoms with Crippen LogP contribution in [0.25, 0.3) is 0 Å². The first-order chi connectivity index (χ1) is 13.8. The van der Waals surface area contributed by atoms with Crippen LogP contribution in [0.5, 0.6) is 0 Å². The number of halogens is 1.